The molecule has 0 aromatic carbocycles. The van der Waals surface area contributed by atoms with E-state index in [9.17, 15) is 14.7 Å². The van der Waals surface area contributed by atoms with Gasteiger partial charge in [-0.25, -0.2) is 0 Å². The quantitative estimate of drug-likeness (QED) is 0.867. The number of hydrogen-bond donors (Lipinski definition) is 2. The molecule has 3 aliphatic rings. The lowest BCUT2D eigenvalue weighted by Crippen LogP contribution is -2.49. The monoisotopic (exact) mass is 332 g/mol. The lowest BCUT2D eigenvalue weighted by Gasteiger charge is -2.35. The second kappa shape index (κ2) is 5.22. The second-order valence-electron chi connectivity index (χ2n) is 7.88. The molecule has 4 rings (SSSR count). The Morgan fingerprint density at radius 1 is 1.21 bits per heavy atom. The van der Waals surface area contributed by atoms with Gasteiger partial charge in [0.2, 0.25) is 5.91 Å². The second-order valence-corrected chi connectivity index (χ2v) is 7.88. The predicted molar refractivity (Wildman–Crippen MR) is 87.8 cm³/mol. The van der Waals surface area contributed by atoms with Crippen LogP contribution in [0, 0.1) is 17.3 Å². The van der Waals surface area contributed by atoms with Crippen molar-refractivity contribution < 1.29 is 14.7 Å². The van der Waals surface area contributed by atoms with E-state index in [2.05, 4.69) is 21.2 Å². The van der Waals surface area contributed by atoms with Crippen LogP contribution in [0.3, 0.4) is 0 Å². The number of aliphatic carboxylic acids is 1. The number of amides is 1. The van der Waals surface area contributed by atoms with Gasteiger partial charge in [-0.05, 0) is 18.3 Å². The number of piperazine rings is 1. The molecule has 2 saturated carbocycles. The number of carbonyl (C=O) groups excluding carboxylic acids is 1. The van der Waals surface area contributed by atoms with Crippen molar-refractivity contribution in [1.29, 1.82) is 0 Å². The highest BCUT2D eigenvalue weighted by Gasteiger charge is 2.66. The van der Waals surface area contributed by atoms with Gasteiger partial charge in [-0.1, -0.05) is 13.8 Å². The van der Waals surface area contributed by atoms with E-state index in [0.29, 0.717) is 19.0 Å². The SMILES string of the molecule is CC1(C)[C@H](C(=O)O)[C@@H]1C(=O)N1CCN(c2cc(C3CC3)[nH]n2)CC1. The third kappa shape index (κ3) is 2.46. The van der Waals surface area contributed by atoms with Crippen LogP contribution >= 0.6 is 0 Å². The van der Waals surface area contributed by atoms with Crippen molar-refractivity contribution in [3.63, 3.8) is 0 Å². The van der Waals surface area contributed by atoms with E-state index in [1.165, 1.54) is 18.5 Å². The number of carbonyl (C=O) groups is 2. The lowest BCUT2D eigenvalue weighted by molar-refractivity contribution is -0.142. The topological polar surface area (TPSA) is 89.5 Å². The highest BCUT2D eigenvalue weighted by atomic mass is 16.4. The molecule has 1 saturated heterocycles. The summed E-state index contributed by atoms with van der Waals surface area (Å²) in [5.41, 5.74) is 0.786. The minimum Gasteiger partial charge on any atom is -0.481 e. The first-order valence-electron chi connectivity index (χ1n) is 8.71. The first-order chi connectivity index (χ1) is 11.4. The molecule has 1 aliphatic heterocycles. The highest BCUT2D eigenvalue weighted by molar-refractivity contribution is 5.91. The fourth-order valence-corrected chi connectivity index (χ4v) is 4.00. The molecule has 1 aromatic rings. The fraction of sp³-hybridized carbons (Fsp3) is 0.706. The summed E-state index contributed by atoms with van der Waals surface area (Å²) < 4.78 is 0. The Morgan fingerprint density at radius 3 is 2.42 bits per heavy atom. The van der Waals surface area contributed by atoms with Gasteiger partial charge in [0.05, 0.1) is 11.8 Å². The standard InChI is InChI=1S/C17H24N4O3/c1-17(2)13(14(17)16(23)24)15(22)21-7-5-20(6-8-21)12-9-11(18-19-12)10-3-4-10/h9-10,13-14H,3-8H2,1-2H3,(H,18,19)(H,23,24)/t13-,14+/m1/s1. The summed E-state index contributed by atoms with van der Waals surface area (Å²) in [6.45, 7) is 6.48. The Labute approximate surface area is 141 Å². The van der Waals surface area contributed by atoms with Gasteiger partial charge in [0.1, 0.15) is 0 Å². The van der Waals surface area contributed by atoms with Gasteiger partial charge in [-0.15, -0.1) is 0 Å². The molecule has 0 unspecified atom stereocenters. The highest BCUT2D eigenvalue weighted by Crippen LogP contribution is 2.59. The molecule has 7 heteroatoms. The van der Waals surface area contributed by atoms with Gasteiger partial charge in [-0.2, -0.15) is 5.10 Å². The Hall–Kier alpha value is -2.05. The molecule has 0 radical (unpaired) electrons. The maximum absolute atomic E-state index is 12.7. The first-order valence-corrected chi connectivity index (χ1v) is 8.71. The molecular formula is C17H24N4O3. The van der Waals surface area contributed by atoms with Crippen LogP contribution in [0.1, 0.15) is 38.3 Å². The van der Waals surface area contributed by atoms with Crippen LogP contribution in [-0.4, -0.2) is 58.3 Å². The maximum Gasteiger partial charge on any atom is 0.307 e. The molecular weight excluding hydrogens is 308 g/mol. The number of aromatic nitrogens is 2. The molecule has 0 spiro atoms. The van der Waals surface area contributed by atoms with E-state index >= 15 is 0 Å². The smallest absolute Gasteiger partial charge is 0.307 e. The molecule has 1 aromatic heterocycles. The van der Waals surface area contributed by atoms with E-state index in [0.717, 1.165) is 18.9 Å². The van der Waals surface area contributed by atoms with Crippen molar-refractivity contribution in [3.05, 3.63) is 11.8 Å². The first kappa shape index (κ1) is 15.5. The van der Waals surface area contributed by atoms with Crippen LogP contribution in [0.4, 0.5) is 5.82 Å². The third-order valence-corrected chi connectivity index (χ3v) is 5.88. The van der Waals surface area contributed by atoms with Gasteiger partial charge in [-0.3, -0.25) is 14.7 Å². The third-order valence-electron chi connectivity index (χ3n) is 5.88. The zero-order chi connectivity index (χ0) is 17.1. The fourth-order valence-electron chi connectivity index (χ4n) is 4.00. The van der Waals surface area contributed by atoms with Crippen molar-refractivity contribution in [1.82, 2.24) is 15.1 Å². The van der Waals surface area contributed by atoms with Gasteiger partial charge < -0.3 is 14.9 Å². The van der Waals surface area contributed by atoms with Crippen molar-refractivity contribution in [3.8, 4) is 0 Å². The number of carboxylic acids is 1. The van der Waals surface area contributed by atoms with Crippen LogP contribution in [0.25, 0.3) is 0 Å². The zero-order valence-corrected chi connectivity index (χ0v) is 14.2. The number of anilines is 1. The Balaban J connectivity index is 1.36. The average molecular weight is 332 g/mol. The van der Waals surface area contributed by atoms with Gasteiger partial charge in [0.25, 0.3) is 0 Å². The van der Waals surface area contributed by atoms with Crippen LogP contribution in [0.15, 0.2) is 6.07 Å². The number of rotatable bonds is 4. The van der Waals surface area contributed by atoms with Crippen LogP contribution in [0.5, 0.6) is 0 Å². The minimum atomic E-state index is -0.860. The van der Waals surface area contributed by atoms with E-state index in [1.54, 1.807) is 0 Å². The summed E-state index contributed by atoms with van der Waals surface area (Å²) in [6.07, 6.45) is 2.48. The molecule has 24 heavy (non-hydrogen) atoms. The normalized spacial score (nSPS) is 28.8. The Kier molecular flexibility index (Phi) is 3.37. The molecule has 2 heterocycles. The van der Waals surface area contributed by atoms with Crippen LogP contribution in [-0.2, 0) is 9.59 Å². The van der Waals surface area contributed by atoms with E-state index in [-0.39, 0.29) is 11.8 Å². The maximum atomic E-state index is 12.7. The molecule has 2 N–H and O–H groups in total. The minimum absolute atomic E-state index is 0.00672. The Bertz CT molecular complexity index is 671. The van der Waals surface area contributed by atoms with Gasteiger partial charge >= 0.3 is 5.97 Å². The van der Waals surface area contributed by atoms with Crippen LogP contribution < -0.4 is 4.90 Å². The summed E-state index contributed by atoms with van der Waals surface area (Å²) in [5, 5.41) is 16.8. The van der Waals surface area contributed by atoms with E-state index in [1.807, 2.05) is 18.7 Å². The summed E-state index contributed by atoms with van der Waals surface area (Å²) in [4.78, 5) is 28.0. The number of aromatic amines is 1. The average Bonchev–Trinajstić information content (AvgIpc) is 3.43. The van der Waals surface area contributed by atoms with Crippen molar-refractivity contribution in [2.45, 2.75) is 32.6 Å². The molecule has 7 nitrogen and oxygen atoms in total. The number of hydrogen-bond acceptors (Lipinski definition) is 4. The van der Waals surface area contributed by atoms with Gasteiger partial charge in [0.15, 0.2) is 5.82 Å². The molecule has 1 amide bonds. The number of carboxylic acid groups (broad SMARTS) is 1. The van der Waals surface area contributed by atoms with Crippen molar-refractivity contribution in [2.24, 2.45) is 17.3 Å². The van der Waals surface area contributed by atoms with Crippen LogP contribution in [0.2, 0.25) is 0 Å². The van der Waals surface area contributed by atoms with E-state index in [4.69, 9.17) is 0 Å². The molecule has 130 valence electrons. The largest absolute Gasteiger partial charge is 0.481 e. The summed E-state index contributed by atoms with van der Waals surface area (Å²) in [5.74, 6) is -0.184. The molecule has 0 bridgehead atoms. The summed E-state index contributed by atoms with van der Waals surface area (Å²) in [7, 11) is 0. The summed E-state index contributed by atoms with van der Waals surface area (Å²) >= 11 is 0. The molecule has 3 fully saturated rings. The number of H-pyrrole nitrogens is 1. The number of nitrogens with zero attached hydrogens (tertiary/aromatic N) is 3. The summed E-state index contributed by atoms with van der Waals surface area (Å²) in [6, 6.07) is 2.12. The predicted octanol–water partition coefficient (Wildman–Crippen LogP) is 1.29. The molecule has 2 aliphatic carbocycles. The zero-order valence-electron chi connectivity index (χ0n) is 14.2. The lowest BCUT2D eigenvalue weighted by atomic mass is 10.1. The van der Waals surface area contributed by atoms with Crippen molar-refractivity contribution in [2.75, 3.05) is 31.1 Å². The van der Waals surface area contributed by atoms with Gasteiger partial charge in [0, 0.05) is 43.9 Å². The Morgan fingerprint density at radius 2 is 1.88 bits per heavy atom. The van der Waals surface area contributed by atoms with E-state index < -0.39 is 17.3 Å². The molecule has 2 atom stereocenters. The van der Waals surface area contributed by atoms with Crippen molar-refractivity contribution >= 4 is 17.7 Å². The number of nitrogens with one attached hydrogen (secondary N) is 1.